The van der Waals surface area contributed by atoms with Crippen LogP contribution in [0.5, 0.6) is 0 Å². The summed E-state index contributed by atoms with van der Waals surface area (Å²) >= 11 is 0. The third-order valence-corrected chi connectivity index (χ3v) is 4.33. The van der Waals surface area contributed by atoms with E-state index in [1.165, 1.54) is 84.7 Å². The molecule has 0 saturated carbocycles. The van der Waals surface area contributed by atoms with Crippen molar-refractivity contribution < 1.29 is 14.6 Å². The normalized spacial score (nSPS) is 12.1. The molecule has 28 heavy (non-hydrogen) atoms. The van der Waals surface area contributed by atoms with E-state index in [0.29, 0.717) is 12.8 Å². The Kier molecular flexibility index (Phi) is 25.2. The number of carbonyl (C=O) groups is 1. The lowest BCUT2D eigenvalue weighted by molar-refractivity contribution is -0.802. The van der Waals surface area contributed by atoms with Crippen LogP contribution in [0.4, 0.5) is 0 Å². The highest BCUT2D eigenvalue weighted by Gasteiger charge is 2.06. The Balaban J connectivity index is 0. The molecule has 0 spiro atoms. The molecule has 0 aliphatic rings. The Bertz CT molecular complexity index is 344. The van der Waals surface area contributed by atoms with E-state index in [9.17, 15) is 10.0 Å². The Labute approximate surface area is 174 Å². The highest BCUT2D eigenvalue weighted by atomic mass is 16.6. The number of quaternary nitrogens is 1. The lowest BCUT2D eigenvalue weighted by Gasteiger charge is -2.10. The summed E-state index contributed by atoms with van der Waals surface area (Å²) in [5, 5.41) is 9.61. The molecule has 0 heterocycles. The van der Waals surface area contributed by atoms with Crippen LogP contribution in [0.2, 0.25) is 0 Å². The van der Waals surface area contributed by atoms with Crippen LogP contribution in [0.3, 0.4) is 0 Å². The molecule has 5 heteroatoms. The topological polar surface area (TPSA) is 79.8 Å². The van der Waals surface area contributed by atoms with Crippen molar-refractivity contribution in [3.05, 3.63) is 17.4 Å². The van der Waals surface area contributed by atoms with Crippen molar-refractivity contribution in [1.29, 1.82) is 0 Å². The van der Waals surface area contributed by atoms with E-state index < -0.39 is 6.23 Å². The molecule has 0 aromatic rings. The number of esters is 1. The number of allylic oxidation sites excluding steroid dienone is 2. The molecule has 0 amide bonds. The highest BCUT2D eigenvalue weighted by molar-refractivity contribution is 5.69. The lowest BCUT2D eigenvalue weighted by Crippen LogP contribution is -3.00. The zero-order chi connectivity index (χ0) is 21.5. The van der Waals surface area contributed by atoms with Crippen molar-refractivity contribution >= 4 is 5.97 Å². The van der Waals surface area contributed by atoms with Crippen LogP contribution in [0.25, 0.3) is 0 Å². The van der Waals surface area contributed by atoms with E-state index >= 15 is 0 Å². The largest absolute Gasteiger partial charge is 0.635 e. The molecule has 0 saturated heterocycles. The maximum absolute atomic E-state index is 11.4. The number of nitrogens with two attached hydrogens (primary N) is 1. The highest BCUT2D eigenvalue weighted by Crippen LogP contribution is 2.10. The molecule has 168 valence electrons. The Morgan fingerprint density at radius 2 is 1.32 bits per heavy atom. The number of rotatable bonds is 17. The third kappa shape index (κ3) is 29.8. The number of ether oxygens (including phenoxy) is 1. The molecule has 0 fully saturated rings. The van der Waals surface area contributed by atoms with Crippen LogP contribution in [0.15, 0.2) is 12.2 Å². The van der Waals surface area contributed by atoms with Gasteiger partial charge >= 0.3 is 5.97 Å². The average Bonchev–Trinajstić information content (AvgIpc) is 2.64. The minimum Gasteiger partial charge on any atom is -0.635 e. The van der Waals surface area contributed by atoms with Gasteiger partial charge in [-0.15, -0.1) is 0 Å². The zero-order valence-corrected chi connectivity index (χ0v) is 19.1. The van der Waals surface area contributed by atoms with Crippen molar-refractivity contribution in [3.8, 4) is 0 Å². The van der Waals surface area contributed by atoms with Gasteiger partial charge in [0.2, 0.25) is 0 Å². The van der Waals surface area contributed by atoms with Crippen LogP contribution in [-0.4, -0.2) is 26.3 Å². The first-order chi connectivity index (χ1) is 13.4. The first kappa shape index (κ1) is 29.3. The molecule has 0 aromatic carbocycles. The van der Waals surface area contributed by atoms with E-state index in [4.69, 9.17) is 10.5 Å². The molecule has 0 rings (SSSR count). The maximum atomic E-state index is 11.4. The van der Waals surface area contributed by atoms with E-state index in [2.05, 4.69) is 19.1 Å². The predicted octanol–water partition coefficient (Wildman–Crippen LogP) is 4.89. The van der Waals surface area contributed by atoms with Crippen LogP contribution in [0, 0.1) is 5.21 Å². The zero-order valence-electron chi connectivity index (χ0n) is 19.1. The van der Waals surface area contributed by atoms with Gasteiger partial charge < -0.3 is 15.0 Å². The summed E-state index contributed by atoms with van der Waals surface area (Å²) in [4.78, 5) is 11.4. The van der Waals surface area contributed by atoms with E-state index in [0.717, 1.165) is 12.8 Å². The van der Waals surface area contributed by atoms with E-state index in [-0.39, 0.29) is 11.0 Å². The molecule has 0 aliphatic carbocycles. The van der Waals surface area contributed by atoms with Gasteiger partial charge in [0.15, 0.2) is 6.23 Å². The number of nitrogens with one attached hydrogen (secondary N) is 1. The SMILES string of the molecule is CCCCCCCC/C=C\CCCCCCCC(=O)OC(N)CC.C[NH+](C)[O-]. The second kappa shape index (κ2) is 24.1. The Morgan fingerprint density at radius 3 is 1.79 bits per heavy atom. The summed E-state index contributed by atoms with van der Waals surface area (Å²) in [6, 6.07) is 0. The fourth-order valence-corrected chi connectivity index (χ4v) is 2.65. The molecule has 0 aromatic heterocycles. The standard InChI is InChI=1S/C21H41NO2.C2H7NO/c1-3-5-6-7-8-9-10-11-12-13-14-15-16-17-18-19-21(23)24-20(22)4-2;1-3(2)4/h11-12,20H,3-10,13-19,22H2,1-2H3;3H,1-2H3/b12-11-;. The molecular weight excluding hydrogens is 352 g/mol. The fourth-order valence-electron chi connectivity index (χ4n) is 2.65. The predicted molar refractivity (Wildman–Crippen MR) is 120 cm³/mol. The van der Waals surface area contributed by atoms with Crippen molar-refractivity contribution in [2.75, 3.05) is 14.1 Å². The van der Waals surface area contributed by atoms with Gasteiger partial charge in [0.05, 0.1) is 14.1 Å². The van der Waals surface area contributed by atoms with E-state index in [1.54, 1.807) is 0 Å². The summed E-state index contributed by atoms with van der Waals surface area (Å²) in [7, 11) is 3.06. The minimum absolute atomic E-state index is 0.151. The summed E-state index contributed by atoms with van der Waals surface area (Å²) in [6.07, 6.45) is 21.9. The molecule has 0 aliphatic heterocycles. The average molecular weight is 401 g/mol. The molecule has 3 N–H and O–H groups in total. The maximum Gasteiger partial charge on any atom is 0.307 e. The summed E-state index contributed by atoms with van der Waals surface area (Å²) in [5.41, 5.74) is 5.58. The summed E-state index contributed by atoms with van der Waals surface area (Å²) in [6.45, 7) is 4.18. The molecule has 1 unspecified atom stereocenters. The monoisotopic (exact) mass is 400 g/mol. The first-order valence-corrected chi connectivity index (χ1v) is 11.5. The Hall–Kier alpha value is -0.910. The number of carbonyl (C=O) groups excluding carboxylic acids is 1. The van der Waals surface area contributed by atoms with Gasteiger partial charge in [-0.05, 0) is 38.5 Å². The summed E-state index contributed by atoms with van der Waals surface area (Å²) in [5.74, 6) is -0.151. The van der Waals surface area contributed by atoms with Crippen molar-refractivity contribution in [1.82, 2.24) is 0 Å². The minimum atomic E-state index is -0.430. The molecule has 1 atom stereocenters. The van der Waals surface area contributed by atoms with Crippen LogP contribution in [0.1, 0.15) is 110 Å². The lowest BCUT2D eigenvalue weighted by atomic mass is 10.1. The second-order valence-corrected chi connectivity index (χ2v) is 7.68. The number of hydrogen-bond acceptors (Lipinski definition) is 4. The summed E-state index contributed by atoms with van der Waals surface area (Å²) < 4.78 is 5.05. The van der Waals surface area contributed by atoms with Gasteiger partial charge in [0.1, 0.15) is 0 Å². The number of unbranched alkanes of at least 4 members (excludes halogenated alkanes) is 11. The van der Waals surface area contributed by atoms with Crippen molar-refractivity contribution in [3.63, 3.8) is 0 Å². The smallest absolute Gasteiger partial charge is 0.307 e. The quantitative estimate of drug-likeness (QED) is 0.120. The van der Waals surface area contributed by atoms with Gasteiger partial charge in [-0.3, -0.25) is 10.5 Å². The van der Waals surface area contributed by atoms with Gasteiger partial charge in [0.25, 0.3) is 0 Å². The van der Waals surface area contributed by atoms with Crippen molar-refractivity contribution in [2.24, 2.45) is 5.73 Å². The van der Waals surface area contributed by atoms with Gasteiger partial charge in [-0.2, -0.15) is 0 Å². The Morgan fingerprint density at radius 1 is 0.893 bits per heavy atom. The van der Waals surface area contributed by atoms with Crippen LogP contribution in [-0.2, 0) is 9.53 Å². The molecule has 5 nitrogen and oxygen atoms in total. The third-order valence-electron chi connectivity index (χ3n) is 4.33. The second-order valence-electron chi connectivity index (χ2n) is 7.68. The number of hydrogen-bond donors (Lipinski definition) is 2. The van der Waals surface area contributed by atoms with Crippen LogP contribution < -0.4 is 10.8 Å². The fraction of sp³-hybridized carbons (Fsp3) is 0.870. The van der Waals surface area contributed by atoms with E-state index in [1.807, 2.05) is 6.92 Å². The first-order valence-electron chi connectivity index (χ1n) is 11.5. The molecular formula is C23H48N2O3. The van der Waals surface area contributed by atoms with Gasteiger partial charge in [0, 0.05) is 6.42 Å². The molecule has 0 bridgehead atoms. The van der Waals surface area contributed by atoms with Crippen molar-refractivity contribution in [2.45, 2.75) is 116 Å². The molecule has 0 radical (unpaired) electrons. The van der Waals surface area contributed by atoms with Crippen LogP contribution >= 0.6 is 0 Å². The van der Waals surface area contributed by atoms with Gasteiger partial charge in [-0.1, -0.05) is 77.4 Å². The van der Waals surface area contributed by atoms with Gasteiger partial charge in [-0.25, -0.2) is 0 Å². The number of hydroxylamine groups is 2.